The van der Waals surface area contributed by atoms with E-state index >= 15 is 0 Å². The summed E-state index contributed by atoms with van der Waals surface area (Å²) in [6.45, 7) is 13.8. The Labute approximate surface area is 92.9 Å². The average molecular weight is 209 g/mol. The second-order valence-corrected chi connectivity index (χ2v) is 6.07. The number of nitrogens with zero attached hydrogens (tertiary/aromatic N) is 2. The van der Waals surface area contributed by atoms with Gasteiger partial charge in [-0.3, -0.25) is 4.68 Å². The quantitative estimate of drug-likeness (QED) is 0.811. The molecule has 0 spiro atoms. The predicted molar refractivity (Wildman–Crippen MR) is 63.8 cm³/mol. The molecule has 0 aliphatic rings. The Balaban J connectivity index is 2.62. The van der Waals surface area contributed by atoms with E-state index in [1.807, 2.05) is 10.9 Å². The van der Waals surface area contributed by atoms with Crippen LogP contribution in [-0.4, -0.2) is 15.3 Å². The third-order valence-corrected chi connectivity index (χ3v) is 2.15. The van der Waals surface area contributed by atoms with E-state index < -0.39 is 0 Å². The van der Waals surface area contributed by atoms with Crippen LogP contribution in [0.5, 0.6) is 0 Å². The summed E-state index contributed by atoms with van der Waals surface area (Å²) in [6, 6.07) is 0. The van der Waals surface area contributed by atoms with E-state index in [-0.39, 0.29) is 11.1 Å². The van der Waals surface area contributed by atoms with Gasteiger partial charge in [0.15, 0.2) is 0 Å². The number of aromatic nitrogens is 2. The minimum absolute atomic E-state index is 0.0694. The normalized spacial score (nSPS) is 13.2. The van der Waals surface area contributed by atoms with Crippen LogP contribution >= 0.6 is 0 Å². The Morgan fingerprint density at radius 1 is 1.20 bits per heavy atom. The molecule has 0 aliphatic heterocycles. The smallest absolute Gasteiger partial charge is 0.0543 e. The van der Waals surface area contributed by atoms with Gasteiger partial charge in [-0.05, 0) is 41.5 Å². The van der Waals surface area contributed by atoms with Crippen molar-refractivity contribution in [3.05, 3.63) is 18.0 Å². The molecule has 0 saturated carbocycles. The highest BCUT2D eigenvalue weighted by Crippen LogP contribution is 2.13. The summed E-state index contributed by atoms with van der Waals surface area (Å²) in [5.74, 6) is 0. The van der Waals surface area contributed by atoms with E-state index in [0.29, 0.717) is 0 Å². The Kier molecular flexibility index (Phi) is 3.24. The van der Waals surface area contributed by atoms with Crippen molar-refractivity contribution in [2.45, 2.75) is 59.2 Å². The lowest BCUT2D eigenvalue weighted by molar-refractivity contribution is 0.355. The minimum Gasteiger partial charge on any atom is -0.308 e. The Hall–Kier alpha value is -0.830. The molecular formula is C12H23N3. The summed E-state index contributed by atoms with van der Waals surface area (Å²) >= 11 is 0. The van der Waals surface area contributed by atoms with Crippen molar-refractivity contribution >= 4 is 0 Å². The zero-order chi connectivity index (χ0) is 11.7. The fourth-order valence-electron chi connectivity index (χ4n) is 1.19. The van der Waals surface area contributed by atoms with Crippen LogP contribution in [0.25, 0.3) is 0 Å². The van der Waals surface area contributed by atoms with Crippen LogP contribution in [0, 0.1) is 0 Å². The molecule has 1 aromatic rings. The molecule has 86 valence electrons. The highest BCUT2D eigenvalue weighted by molar-refractivity contribution is 5.05. The van der Waals surface area contributed by atoms with Crippen LogP contribution < -0.4 is 5.32 Å². The average Bonchev–Trinajstić information content (AvgIpc) is 2.45. The standard InChI is InChI=1S/C12H23N3/c1-11(2,3)13-7-10-8-14-15(9-10)12(4,5)6/h8-9,13H,7H2,1-6H3. The lowest BCUT2D eigenvalue weighted by Crippen LogP contribution is -2.35. The predicted octanol–water partition coefficient (Wildman–Crippen LogP) is 2.53. The van der Waals surface area contributed by atoms with Gasteiger partial charge in [-0.15, -0.1) is 0 Å². The van der Waals surface area contributed by atoms with Gasteiger partial charge in [0.2, 0.25) is 0 Å². The zero-order valence-electron chi connectivity index (χ0n) is 10.8. The van der Waals surface area contributed by atoms with Gasteiger partial charge in [-0.25, -0.2) is 0 Å². The highest BCUT2D eigenvalue weighted by atomic mass is 15.3. The first-order valence-electron chi connectivity index (χ1n) is 5.47. The number of rotatable bonds is 2. The monoisotopic (exact) mass is 209 g/mol. The van der Waals surface area contributed by atoms with Gasteiger partial charge in [0.05, 0.1) is 11.7 Å². The van der Waals surface area contributed by atoms with Crippen molar-refractivity contribution in [3.8, 4) is 0 Å². The number of hydrogen-bond donors (Lipinski definition) is 1. The summed E-state index contributed by atoms with van der Waals surface area (Å²) in [6.07, 6.45) is 4.04. The Morgan fingerprint density at radius 3 is 2.20 bits per heavy atom. The second kappa shape index (κ2) is 3.97. The number of hydrogen-bond acceptors (Lipinski definition) is 2. The van der Waals surface area contributed by atoms with Gasteiger partial charge in [0.25, 0.3) is 0 Å². The minimum atomic E-state index is 0.0694. The fraction of sp³-hybridized carbons (Fsp3) is 0.750. The third kappa shape index (κ3) is 4.04. The van der Waals surface area contributed by atoms with Gasteiger partial charge in [-0.2, -0.15) is 5.10 Å². The molecule has 0 bridgehead atoms. The van der Waals surface area contributed by atoms with Gasteiger partial charge in [0.1, 0.15) is 0 Å². The van der Waals surface area contributed by atoms with Gasteiger partial charge in [-0.1, -0.05) is 0 Å². The molecule has 0 atom stereocenters. The molecule has 1 rings (SSSR count). The summed E-state index contributed by atoms with van der Waals surface area (Å²) in [5.41, 5.74) is 1.46. The van der Waals surface area contributed by atoms with E-state index in [2.05, 4.69) is 58.2 Å². The third-order valence-electron chi connectivity index (χ3n) is 2.15. The van der Waals surface area contributed by atoms with Gasteiger partial charge >= 0.3 is 0 Å². The van der Waals surface area contributed by atoms with E-state index in [0.717, 1.165) is 6.54 Å². The molecule has 0 unspecified atom stereocenters. The summed E-state index contributed by atoms with van der Waals surface area (Å²) < 4.78 is 2.01. The molecule has 1 aromatic heterocycles. The molecule has 1 N–H and O–H groups in total. The summed E-state index contributed by atoms with van der Waals surface area (Å²) in [7, 11) is 0. The molecule has 0 amide bonds. The largest absolute Gasteiger partial charge is 0.308 e. The van der Waals surface area contributed by atoms with Crippen molar-refractivity contribution in [3.63, 3.8) is 0 Å². The highest BCUT2D eigenvalue weighted by Gasteiger charge is 2.14. The first kappa shape index (κ1) is 12.2. The van der Waals surface area contributed by atoms with Gasteiger partial charge in [0, 0.05) is 23.8 Å². The van der Waals surface area contributed by atoms with Gasteiger partial charge < -0.3 is 5.32 Å². The number of nitrogens with one attached hydrogen (secondary N) is 1. The summed E-state index contributed by atoms with van der Waals surface area (Å²) in [5, 5.41) is 7.81. The molecule has 0 aromatic carbocycles. The van der Waals surface area contributed by atoms with E-state index in [9.17, 15) is 0 Å². The van der Waals surface area contributed by atoms with Crippen LogP contribution in [0.2, 0.25) is 0 Å². The first-order valence-corrected chi connectivity index (χ1v) is 5.47. The van der Waals surface area contributed by atoms with Crippen LogP contribution in [0.15, 0.2) is 12.4 Å². The topological polar surface area (TPSA) is 29.9 Å². The van der Waals surface area contributed by atoms with Crippen molar-refractivity contribution in [1.82, 2.24) is 15.1 Å². The van der Waals surface area contributed by atoms with Crippen molar-refractivity contribution in [2.24, 2.45) is 0 Å². The molecule has 15 heavy (non-hydrogen) atoms. The molecular weight excluding hydrogens is 186 g/mol. The van der Waals surface area contributed by atoms with Crippen LogP contribution in [0.3, 0.4) is 0 Å². The Bertz CT molecular complexity index is 312. The molecule has 0 saturated heterocycles. The fourth-order valence-corrected chi connectivity index (χ4v) is 1.19. The van der Waals surface area contributed by atoms with E-state index in [1.54, 1.807) is 0 Å². The van der Waals surface area contributed by atoms with Crippen molar-refractivity contribution < 1.29 is 0 Å². The van der Waals surface area contributed by atoms with Crippen molar-refractivity contribution in [2.75, 3.05) is 0 Å². The Morgan fingerprint density at radius 2 is 1.80 bits per heavy atom. The molecule has 3 heteroatoms. The molecule has 3 nitrogen and oxygen atoms in total. The maximum atomic E-state index is 4.36. The maximum absolute atomic E-state index is 4.36. The van der Waals surface area contributed by atoms with E-state index in [4.69, 9.17) is 0 Å². The second-order valence-electron chi connectivity index (χ2n) is 6.07. The lowest BCUT2D eigenvalue weighted by Gasteiger charge is -2.20. The maximum Gasteiger partial charge on any atom is 0.0543 e. The lowest BCUT2D eigenvalue weighted by atomic mass is 10.1. The molecule has 0 aliphatic carbocycles. The first-order chi connectivity index (χ1) is 6.68. The van der Waals surface area contributed by atoms with Crippen LogP contribution in [0.4, 0.5) is 0 Å². The SMILES string of the molecule is CC(C)(C)NCc1cnn(C(C)(C)C)c1. The zero-order valence-corrected chi connectivity index (χ0v) is 10.8. The van der Waals surface area contributed by atoms with E-state index in [1.165, 1.54) is 5.56 Å². The molecule has 0 radical (unpaired) electrons. The molecule has 0 fully saturated rings. The molecule has 1 heterocycles. The van der Waals surface area contributed by atoms with Crippen LogP contribution in [-0.2, 0) is 12.1 Å². The van der Waals surface area contributed by atoms with Crippen molar-refractivity contribution in [1.29, 1.82) is 0 Å². The summed E-state index contributed by atoms with van der Waals surface area (Å²) in [4.78, 5) is 0. The van der Waals surface area contributed by atoms with Crippen LogP contribution in [0.1, 0.15) is 47.1 Å².